The summed E-state index contributed by atoms with van der Waals surface area (Å²) >= 11 is 1.32. The molecular weight excluding hydrogens is 340 g/mol. The predicted molar refractivity (Wildman–Crippen MR) is 96.8 cm³/mol. The lowest BCUT2D eigenvalue weighted by Crippen LogP contribution is -2.46. The molecule has 1 heterocycles. The molecule has 2 rings (SSSR count). The number of hydrogen-bond donors (Lipinski definition) is 3. The van der Waals surface area contributed by atoms with Gasteiger partial charge in [-0.1, -0.05) is 32.0 Å². The molecule has 0 aliphatic rings. The third-order valence-electron chi connectivity index (χ3n) is 3.56. The Balaban J connectivity index is 2.02. The van der Waals surface area contributed by atoms with Crippen molar-refractivity contribution in [3.8, 4) is 0 Å². The van der Waals surface area contributed by atoms with Crippen LogP contribution in [0, 0.1) is 5.92 Å². The van der Waals surface area contributed by atoms with Crippen molar-refractivity contribution in [3.63, 3.8) is 0 Å². The lowest BCUT2D eigenvalue weighted by Gasteiger charge is -2.21. The van der Waals surface area contributed by atoms with Crippen LogP contribution in [0.4, 0.5) is 5.69 Å². The molecule has 0 aliphatic carbocycles. The van der Waals surface area contributed by atoms with Gasteiger partial charge in [-0.3, -0.25) is 14.4 Å². The van der Waals surface area contributed by atoms with Crippen molar-refractivity contribution in [2.75, 3.05) is 5.32 Å². The number of carbonyl (C=O) groups is 3. The number of hydrogen-bond acceptors (Lipinski definition) is 4. The minimum atomic E-state index is -0.909. The summed E-state index contributed by atoms with van der Waals surface area (Å²) in [5, 5.41) is 16.1. The van der Waals surface area contributed by atoms with Gasteiger partial charge in [-0.25, -0.2) is 0 Å². The minimum Gasteiger partial charge on any atom is -0.481 e. The number of carboxylic acids is 1. The maximum absolute atomic E-state index is 12.5. The van der Waals surface area contributed by atoms with Gasteiger partial charge in [0.15, 0.2) is 0 Å². The fourth-order valence-electron chi connectivity index (χ4n) is 2.26. The Hall–Kier alpha value is -2.67. The topological polar surface area (TPSA) is 95.5 Å². The third-order valence-corrected chi connectivity index (χ3v) is 4.43. The van der Waals surface area contributed by atoms with Crippen molar-refractivity contribution in [1.29, 1.82) is 0 Å². The van der Waals surface area contributed by atoms with E-state index < -0.39 is 12.0 Å². The summed E-state index contributed by atoms with van der Waals surface area (Å²) in [5.41, 5.74) is 1.20. The first kappa shape index (κ1) is 18.7. The van der Waals surface area contributed by atoms with Crippen LogP contribution in [0.1, 0.15) is 29.1 Å². The molecule has 25 heavy (non-hydrogen) atoms. The molecule has 1 atom stereocenters. The number of rotatable bonds is 7. The Bertz CT molecular complexity index is 739. The molecule has 6 nitrogen and oxygen atoms in total. The molecule has 1 unspecified atom stereocenters. The van der Waals surface area contributed by atoms with E-state index in [0.717, 1.165) is 0 Å². The molecule has 1 aromatic heterocycles. The van der Waals surface area contributed by atoms with E-state index in [-0.39, 0.29) is 24.2 Å². The number of carbonyl (C=O) groups excluding carboxylic acids is 2. The Kier molecular flexibility index (Phi) is 6.30. The smallest absolute Gasteiger partial charge is 0.307 e. The van der Waals surface area contributed by atoms with Crippen LogP contribution < -0.4 is 10.6 Å². The zero-order chi connectivity index (χ0) is 18.4. The summed E-state index contributed by atoms with van der Waals surface area (Å²) in [4.78, 5) is 35.9. The largest absolute Gasteiger partial charge is 0.481 e. The average Bonchev–Trinajstić information content (AvgIpc) is 3.08. The van der Waals surface area contributed by atoms with Gasteiger partial charge in [0.25, 0.3) is 5.91 Å². The molecule has 0 saturated heterocycles. The van der Waals surface area contributed by atoms with Gasteiger partial charge in [0.05, 0.1) is 11.3 Å². The minimum absolute atomic E-state index is 0.0697. The standard InChI is InChI=1S/C18H20N2O4S/c1-11(2)16(20-17(23)14-4-3-9-25-14)18(24)19-13-7-5-12(6-8-13)10-15(21)22/h3-9,11,16H,10H2,1-2H3,(H,19,24)(H,20,23)(H,21,22). The van der Waals surface area contributed by atoms with Gasteiger partial charge in [-0.2, -0.15) is 0 Å². The SMILES string of the molecule is CC(C)C(NC(=O)c1cccs1)C(=O)Nc1ccc(CC(=O)O)cc1. The molecule has 3 N–H and O–H groups in total. The fraction of sp³-hybridized carbons (Fsp3) is 0.278. The zero-order valence-electron chi connectivity index (χ0n) is 14.0. The average molecular weight is 360 g/mol. The second-order valence-electron chi connectivity index (χ2n) is 5.93. The van der Waals surface area contributed by atoms with Gasteiger partial charge < -0.3 is 15.7 Å². The molecule has 0 saturated carbocycles. The Morgan fingerprint density at radius 2 is 1.80 bits per heavy atom. The first-order valence-corrected chi connectivity index (χ1v) is 8.70. The van der Waals surface area contributed by atoms with E-state index in [0.29, 0.717) is 16.1 Å². The van der Waals surface area contributed by atoms with Gasteiger partial charge in [-0.15, -0.1) is 11.3 Å². The van der Waals surface area contributed by atoms with Gasteiger partial charge in [-0.05, 0) is 35.1 Å². The van der Waals surface area contributed by atoms with E-state index in [1.807, 2.05) is 13.8 Å². The Morgan fingerprint density at radius 1 is 1.12 bits per heavy atom. The lowest BCUT2D eigenvalue weighted by atomic mass is 10.0. The third kappa shape index (κ3) is 5.42. The van der Waals surface area contributed by atoms with Crippen LogP contribution in [-0.4, -0.2) is 28.9 Å². The van der Waals surface area contributed by atoms with Crippen LogP contribution in [0.3, 0.4) is 0 Å². The van der Waals surface area contributed by atoms with Crippen molar-refractivity contribution < 1.29 is 19.5 Å². The quantitative estimate of drug-likeness (QED) is 0.707. The van der Waals surface area contributed by atoms with E-state index in [1.54, 1.807) is 41.8 Å². The highest BCUT2D eigenvalue weighted by molar-refractivity contribution is 7.12. The van der Waals surface area contributed by atoms with Gasteiger partial charge in [0, 0.05) is 5.69 Å². The Morgan fingerprint density at radius 3 is 2.32 bits per heavy atom. The molecule has 0 spiro atoms. The zero-order valence-corrected chi connectivity index (χ0v) is 14.8. The molecule has 132 valence electrons. The molecule has 0 radical (unpaired) electrons. The number of anilines is 1. The highest BCUT2D eigenvalue weighted by Crippen LogP contribution is 2.14. The van der Waals surface area contributed by atoms with E-state index in [1.165, 1.54) is 11.3 Å². The van der Waals surface area contributed by atoms with Gasteiger partial charge in [0.2, 0.25) is 5.91 Å². The predicted octanol–water partition coefficient (Wildman–Crippen LogP) is 2.77. The monoisotopic (exact) mass is 360 g/mol. The van der Waals surface area contributed by atoms with Gasteiger partial charge in [0.1, 0.15) is 6.04 Å². The fourth-order valence-corrected chi connectivity index (χ4v) is 2.88. The summed E-state index contributed by atoms with van der Waals surface area (Å²) < 4.78 is 0. The molecule has 7 heteroatoms. The lowest BCUT2D eigenvalue weighted by molar-refractivity contribution is -0.136. The normalized spacial score (nSPS) is 11.8. The maximum Gasteiger partial charge on any atom is 0.307 e. The van der Waals surface area contributed by atoms with Crippen LogP contribution >= 0.6 is 11.3 Å². The van der Waals surface area contributed by atoms with Crippen molar-refractivity contribution >= 4 is 34.8 Å². The second-order valence-corrected chi connectivity index (χ2v) is 6.88. The first-order valence-electron chi connectivity index (χ1n) is 7.83. The highest BCUT2D eigenvalue weighted by Gasteiger charge is 2.25. The molecule has 1 aromatic carbocycles. The van der Waals surface area contributed by atoms with Crippen molar-refractivity contribution in [1.82, 2.24) is 5.32 Å². The van der Waals surface area contributed by atoms with Crippen LogP contribution in [0.25, 0.3) is 0 Å². The van der Waals surface area contributed by atoms with Crippen LogP contribution in [0.5, 0.6) is 0 Å². The summed E-state index contributed by atoms with van der Waals surface area (Å²) in [7, 11) is 0. The molecular formula is C18H20N2O4S. The van der Waals surface area contributed by atoms with Crippen LogP contribution in [0.2, 0.25) is 0 Å². The highest BCUT2D eigenvalue weighted by atomic mass is 32.1. The van der Waals surface area contributed by atoms with Crippen LogP contribution in [-0.2, 0) is 16.0 Å². The van der Waals surface area contributed by atoms with Crippen molar-refractivity contribution in [2.45, 2.75) is 26.3 Å². The molecule has 2 aromatic rings. The Labute approximate surface area is 149 Å². The van der Waals surface area contributed by atoms with Crippen molar-refractivity contribution in [3.05, 3.63) is 52.2 Å². The first-order chi connectivity index (χ1) is 11.9. The molecule has 0 aliphatic heterocycles. The van der Waals surface area contributed by atoms with E-state index in [4.69, 9.17) is 5.11 Å². The van der Waals surface area contributed by atoms with Gasteiger partial charge >= 0.3 is 5.97 Å². The maximum atomic E-state index is 12.5. The van der Waals surface area contributed by atoms with Crippen molar-refractivity contribution in [2.24, 2.45) is 5.92 Å². The molecule has 0 fully saturated rings. The molecule has 0 bridgehead atoms. The molecule has 2 amide bonds. The number of benzene rings is 1. The summed E-state index contributed by atoms with van der Waals surface area (Å²) in [6.45, 7) is 3.71. The van der Waals surface area contributed by atoms with E-state index >= 15 is 0 Å². The number of aliphatic carboxylic acids is 1. The second kappa shape index (κ2) is 8.43. The number of nitrogens with one attached hydrogen (secondary N) is 2. The number of thiophene rings is 1. The van der Waals surface area contributed by atoms with Crippen LogP contribution in [0.15, 0.2) is 41.8 Å². The number of amides is 2. The summed E-state index contributed by atoms with van der Waals surface area (Å²) in [6, 6.07) is 9.41. The number of carboxylic acid groups (broad SMARTS) is 1. The van der Waals surface area contributed by atoms with E-state index in [2.05, 4.69) is 10.6 Å². The van der Waals surface area contributed by atoms with E-state index in [9.17, 15) is 14.4 Å². The summed E-state index contributed by atoms with van der Waals surface area (Å²) in [6.07, 6.45) is -0.0697. The summed E-state index contributed by atoms with van der Waals surface area (Å²) in [5.74, 6) is -1.59.